The third-order valence-electron chi connectivity index (χ3n) is 3.45. The van der Waals surface area contributed by atoms with Crippen LogP contribution in [0.1, 0.15) is 18.9 Å². The van der Waals surface area contributed by atoms with Crippen LogP contribution in [0.2, 0.25) is 0 Å². The number of ether oxygens (including phenoxy) is 1. The van der Waals surface area contributed by atoms with Gasteiger partial charge in [0, 0.05) is 37.3 Å². The van der Waals surface area contributed by atoms with Gasteiger partial charge in [-0.2, -0.15) is 0 Å². The van der Waals surface area contributed by atoms with Crippen LogP contribution in [0.5, 0.6) is 5.19 Å². The van der Waals surface area contributed by atoms with Crippen molar-refractivity contribution in [1.29, 1.82) is 0 Å². The summed E-state index contributed by atoms with van der Waals surface area (Å²) in [5, 5.41) is 13.1. The second-order valence-corrected chi connectivity index (χ2v) is 6.88. The van der Waals surface area contributed by atoms with E-state index in [1.165, 1.54) is 0 Å². The number of piperazine rings is 1. The molecular weight excluding hydrogens is 306 g/mol. The highest BCUT2D eigenvalue weighted by Crippen LogP contribution is 2.24. The zero-order valence-corrected chi connectivity index (χ0v) is 13.9. The highest BCUT2D eigenvalue weighted by molar-refractivity contribution is 7.13. The van der Waals surface area contributed by atoms with Crippen LogP contribution < -0.4 is 9.64 Å². The minimum atomic E-state index is 0.462. The number of nitrogens with zero attached hydrogens (tertiary/aromatic N) is 5. The lowest BCUT2D eigenvalue weighted by Crippen LogP contribution is -2.51. The molecule has 0 N–H and O–H groups in total. The lowest BCUT2D eigenvalue weighted by molar-refractivity contribution is 0.220. The number of anilines is 1. The predicted molar refractivity (Wildman–Crippen MR) is 85.3 cm³/mol. The van der Waals surface area contributed by atoms with E-state index in [-0.39, 0.29) is 0 Å². The van der Waals surface area contributed by atoms with Crippen LogP contribution in [0, 0.1) is 0 Å². The van der Waals surface area contributed by atoms with Crippen molar-refractivity contribution in [3.05, 3.63) is 16.6 Å². The molecule has 1 saturated heterocycles. The van der Waals surface area contributed by atoms with E-state index in [0.29, 0.717) is 17.8 Å². The number of hydrogen-bond donors (Lipinski definition) is 0. The Morgan fingerprint density at radius 3 is 3.00 bits per heavy atom. The Hall–Kier alpha value is -1.25. The Kier molecular flexibility index (Phi) is 4.67. The molecule has 0 unspecified atom stereocenters. The summed E-state index contributed by atoms with van der Waals surface area (Å²) in [7, 11) is 0. The van der Waals surface area contributed by atoms with Gasteiger partial charge >= 0.3 is 0 Å². The van der Waals surface area contributed by atoms with E-state index in [1.54, 1.807) is 22.7 Å². The fraction of sp³-hybridized carbons (Fsp3) is 0.615. The zero-order valence-electron chi connectivity index (χ0n) is 12.2. The maximum Gasteiger partial charge on any atom is 0.294 e. The molecule has 21 heavy (non-hydrogen) atoms. The summed E-state index contributed by atoms with van der Waals surface area (Å²) < 4.78 is 5.37. The molecule has 2 aromatic heterocycles. The average Bonchev–Trinajstić information content (AvgIpc) is 3.11. The summed E-state index contributed by atoms with van der Waals surface area (Å²) in [5.41, 5.74) is 0. The topological polar surface area (TPSA) is 54.4 Å². The number of aromatic nitrogens is 3. The van der Waals surface area contributed by atoms with Gasteiger partial charge in [-0.3, -0.25) is 4.90 Å². The van der Waals surface area contributed by atoms with Crippen molar-refractivity contribution in [3.63, 3.8) is 0 Å². The Morgan fingerprint density at radius 2 is 2.29 bits per heavy atom. The summed E-state index contributed by atoms with van der Waals surface area (Å²) in [6.07, 6.45) is 1.87. The first-order valence-corrected chi connectivity index (χ1v) is 8.79. The van der Waals surface area contributed by atoms with Gasteiger partial charge in [0.25, 0.3) is 5.19 Å². The van der Waals surface area contributed by atoms with Crippen LogP contribution >= 0.6 is 22.7 Å². The van der Waals surface area contributed by atoms with Gasteiger partial charge < -0.3 is 9.64 Å². The molecule has 1 aliphatic rings. The molecule has 1 aliphatic heterocycles. The zero-order chi connectivity index (χ0) is 14.7. The molecule has 0 aromatic carbocycles. The van der Waals surface area contributed by atoms with Crippen LogP contribution in [0.25, 0.3) is 0 Å². The fourth-order valence-corrected chi connectivity index (χ4v) is 4.05. The van der Waals surface area contributed by atoms with Gasteiger partial charge in [0.15, 0.2) is 5.13 Å². The molecule has 1 fully saturated rings. The molecule has 0 radical (unpaired) electrons. The molecule has 0 amide bonds. The third kappa shape index (κ3) is 3.50. The third-order valence-corrected chi connectivity index (χ3v) is 5.08. The predicted octanol–water partition coefficient (Wildman–Crippen LogP) is 2.10. The van der Waals surface area contributed by atoms with Crippen molar-refractivity contribution < 1.29 is 4.74 Å². The van der Waals surface area contributed by atoms with Crippen molar-refractivity contribution in [2.45, 2.75) is 26.4 Å². The van der Waals surface area contributed by atoms with Gasteiger partial charge in [0.1, 0.15) is 5.01 Å². The van der Waals surface area contributed by atoms with Crippen LogP contribution in [-0.4, -0.2) is 52.4 Å². The van der Waals surface area contributed by atoms with Gasteiger partial charge in [0.05, 0.1) is 13.2 Å². The second-order valence-electron chi connectivity index (χ2n) is 4.99. The van der Waals surface area contributed by atoms with Gasteiger partial charge in [0.2, 0.25) is 0 Å². The van der Waals surface area contributed by atoms with Crippen molar-refractivity contribution in [3.8, 4) is 5.19 Å². The highest BCUT2D eigenvalue weighted by Gasteiger charge is 2.25. The number of rotatable bonds is 5. The SMILES string of the molecule is CCOc1nnc(CN2CCN(c3nccs3)[C@H](C)C2)s1. The summed E-state index contributed by atoms with van der Waals surface area (Å²) in [6.45, 7) is 8.74. The van der Waals surface area contributed by atoms with Crippen molar-refractivity contribution >= 4 is 27.8 Å². The standard InChI is InChI=1S/C13H19N5OS2/c1-3-19-13-16-15-11(21-13)9-17-5-6-18(10(2)8-17)12-14-4-7-20-12/h4,7,10H,3,5-6,8-9H2,1-2H3/t10-/m1/s1. The van der Waals surface area contributed by atoms with E-state index >= 15 is 0 Å². The molecule has 0 saturated carbocycles. The van der Waals surface area contributed by atoms with E-state index in [9.17, 15) is 0 Å². The summed E-state index contributed by atoms with van der Waals surface area (Å²) in [6, 6.07) is 0.462. The molecule has 0 spiro atoms. The molecule has 1 atom stereocenters. The van der Waals surface area contributed by atoms with E-state index in [1.807, 2.05) is 18.5 Å². The maximum atomic E-state index is 5.37. The van der Waals surface area contributed by atoms with Crippen molar-refractivity contribution in [1.82, 2.24) is 20.1 Å². The fourth-order valence-electron chi connectivity index (χ4n) is 2.49. The highest BCUT2D eigenvalue weighted by atomic mass is 32.1. The Balaban J connectivity index is 1.56. The molecule has 114 valence electrons. The van der Waals surface area contributed by atoms with E-state index < -0.39 is 0 Å². The van der Waals surface area contributed by atoms with Crippen LogP contribution in [0.4, 0.5) is 5.13 Å². The lowest BCUT2D eigenvalue weighted by atomic mass is 10.2. The van der Waals surface area contributed by atoms with Crippen LogP contribution in [-0.2, 0) is 6.54 Å². The smallest absolute Gasteiger partial charge is 0.294 e. The van der Waals surface area contributed by atoms with Crippen molar-refractivity contribution in [2.75, 3.05) is 31.1 Å². The van der Waals surface area contributed by atoms with Gasteiger partial charge in [-0.1, -0.05) is 11.3 Å². The average molecular weight is 325 g/mol. The van der Waals surface area contributed by atoms with Crippen LogP contribution in [0.3, 0.4) is 0 Å². The maximum absolute atomic E-state index is 5.37. The van der Waals surface area contributed by atoms with E-state index in [4.69, 9.17) is 4.74 Å². The summed E-state index contributed by atoms with van der Waals surface area (Å²) >= 11 is 3.25. The largest absolute Gasteiger partial charge is 0.469 e. The summed E-state index contributed by atoms with van der Waals surface area (Å²) in [5.74, 6) is 0. The van der Waals surface area contributed by atoms with Gasteiger partial charge in [-0.25, -0.2) is 4.98 Å². The molecule has 2 aromatic rings. The number of thiazole rings is 1. The molecule has 3 rings (SSSR count). The molecule has 0 bridgehead atoms. The first kappa shape index (κ1) is 14.7. The molecule has 8 heteroatoms. The first-order chi connectivity index (χ1) is 10.3. The molecule has 3 heterocycles. The summed E-state index contributed by atoms with van der Waals surface area (Å²) in [4.78, 5) is 9.22. The first-order valence-electron chi connectivity index (χ1n) is 7.10. The Bertz CT molecular complexity index is 559. The minimum absolute atomic E-state index is 0.462. The van der Waals surface area contributed by atoms with Gasteiger partial charge in [-0.05, 0) is 13.8 Å². The monoisotopic (exact) mass is 325 g/mol. The van der Waals surface area contributed by atoms with Crippen molar-refractivity contribution in [2.24, 2.45) is 0 Å². The minimum Gasteiger partial charge on any atom is -0.469 e. The molecule has 6 nitrogen and oxygen atoms in total. The normalized spacial score (nSPS) is 19.9. The molecule has 0 aliphatic carbocycles. The van der Waals surface area contributed by atoms with Crippen LogP contribution in [0.15, 0.2) is 11.6 Å². The Morgan fingerprint density at radius 1 is 1.38 bits per heavy atom. The molecular formula is C13H19N5OS2. The lowest BCUT2D eigenvalue weighted by Gasteiger charge is -2.39. The Labute approximate surface area is 132 Å². The van der Waals surface area contributed by atoms with Gasteiger partial charge in [-0.15, -0.1) is 21.5 Å². The second kappa shape index (κ2) is 6.67. The quantitative estimate of drug-likeness (QED) is 0.839. The van der Waals surface area contributed by atoms with E-state index in [0.717, 1.165) is 36.3 Å². The number of hydrogen-bond acceptors (Lipinski definition) is 8. The van der Waals surface area contributed by atoms with E-state index in [2.05, 4.69) is 31.9 Å².